The van der Waals surface area contributed by atoms with E-state index in [-0.39, 0.29) is 0 Å². The maximum Gasteiger partial charge on any atom is 0.0593 e. The zero-order chi connectivity index (χ0) is 13.1. The van der Waals surface area contributed by atoms with Gasteiger partial charge in [0.1, 0.15) is 0 Å². The average Bonchev–Trinajstić information content (AvgIpc) is 3.24. The fourth-order valence-corrected chi connectivity index (χ4v) is 3.67. The summed E-state index contributed by atoms with van der Waals surface area (Å²) < 4.78 is 5.82. The number of hydrogen-bond donors (Lipinski definition) is 1. The molecule has 1 aliphatic heterocycles. The van der Waals surface area contributed by atoms with Crippen LogP contribution in [0.25, 0.3) is 0 Å². The van der Waals surface area contributed by atoms with Gasteiger partial charge in [0.25, 0.3) is 0 Å². The molecule has 3 aliphatic rings. The number of hydrogen-bond acceptors (Lipinski definition) is 3. The molecule has 3 rings (SSSR count). The summed E-state index contributed by atoms with van der Waals surface area (Å²) in [5.41, 5.74) is 0.432. The van der Waals surface area contributed by atoms with Crippen molar-refractivity contribution < 1.29 is 4.74 Å². The van der Waals surface area contributed by atoms with Gasteiger partial charge in [-0.25, -0.2) is 0 Å². The normalized spacial score (nSPS) is 31.7. The van der Waals surface area contributed by atoms with Crippen molar-refractivity contribution in [1.29, 1.82) is 0 Å². The lowest BCUT2D eigenvalue weighted by Gasteiger charge is -2.49. The quantitative estimate of drug-likeness (QED) is 0.773. The highest BCUT2D eigenvalue weighted by molar-refractivity contribution is 4.98. The minimum atomic E-state index is 0.432. The summed E-state index contributed by atoms with van der Waals surface area (Å²) >= 11 is 0. The van der Waals surface area contributed by atoms with Gasteiger partial charge in [0, 0.05) is 37.8 Å². The van der Waals surface area contributed by atoms with E-state index in [9.17, 15) is 0 Å². The Morgan fingerprint density at radius 1 is 1.21 bits per heavy atom. The molecule has 0 aromatic rings. The van der Waals surface area contributed by atoms with Gasteiger partial charge in [-0.3, -0.25) is 4.90 Å². The lowest BCUT2D eigenvalue weighted by Crippen LogP contribution is -2.64. The Hall–Kier alpha value is -0.120. The maximum atomic E-state index is 5.82. The van der Waals surface area contributed by atoms with E-state index in [1.54, 1.807) is 0 Å². The first kappa shape index (κ1) is 13.8. The van der Waals surface area contributed by atoms with Crippen LogP contribution in [-0.4, -0.2) is 49.3 Å². The summed E-state index contributed by atoms with van der Waals surface area (Å²) in [5, 5.41) is 3.85. The first-order chi connectivity index (χ1) is 9.27. The Bertz CT molecular complexity index is 284. The highest BCUT2D eigenvalue weighted by atomic mass is 16.5. The van der Waals surface area contributed by atoms with Crippen molar-refractivity contribution in [2.75, 3.05) is 32.8 Å². The van der Waals surface area contributed by atoms with Crippen LogP contribution >= 0.6 is 0 Å². The molecule has 1 spiro atoms. The third-order valence-corrected chi connectivity index (χ3v) is 5.29. The molecule has 0 aromatic heterocycles. The van der Waals surface area contributed by atoms with Crippen LogP contribution in [0.15, 0.2) is 0 Å². The van der Waals surface area contributed by atoms with Gasteiger partial charge < -0.3 is 10.1 Å². The molecule has 1 heterocycles. The Morgan fingerprint density at radius 3 is 2.74 bits per heavy atom. The van der Waals surface area contributed by atoms with E-state index in [0.29, 0.717) is 11.6 Å². The van der Waals surface area contributed by atoms with Gasteiger partial charge in [0.2, 0.25) is 0 Å². The van der Waals surface area contributed by atoms with E-state index >= 15 is 0 Å². The third-order valence-electron chi connectivity index (χ3n) is 5.29. The van der Waals surface area contributed by atoms with E-state index in [0.717, 1.165) is 32.2 Å². The van der Waals surface area contributed by atoms with Crippen LogP contribution in [0.5, 0.6) is 0 Å². The van der Waals surface area contributed by atoms with Gasteiger partial charge in [0.15, 0.2) is 0 Å². The van der Waals surface area contributed by atoms with E-state index in [1.165, 1.54) is 51.5 Å². The van der Waals surface area contributed by atoms with Crippen LogP contribution in [0, 0.1) is 5.92 Å². The molecular weight excluding hydrogens is 236 g/mol. The molecule has 3 fully saturated rings. The van der Waals surface area contributed by atoms with Crippen molar-refractivity contribution in [3.05, 3.63) is 0 Å². The highest BCUT2D eigenvalue weighted by Crippen LogP contribution is 2.32. The minimum absolute atomic E-state index is 0.432. The summed E-state index contributed by atoms with van der Waals surface area (Å²) in [6.07, 6.45) is 9.79. The zero-order valence-electron chi connectivity index (χ0n) is 12.5. The van der Waals surface area contributed by atoms with Crippen LogP contribution in [-0.2, 0) is 4.74 Å². The van der Waals surface area contributed by atoms with Crippen molar-refractivity contribution >= 4 is 0 Å². The smallest absolute Gasteiger partial charge is 0.0593 e. The van der Waals surface area contributed by atoms with Crippen LogP contribution in [0.4, 0.5) is 0 Å². The molecule has 19 heavy (non-hydrogen) atoms. The van der Waals surface area contributed by atoms with E-state index in [4.69, 9.17) is 4.74 Å². The molecule has 0 radical (unpaired) electrons. The lowest BCUT2D eigenvalue weighted by atomic mass is 9.79. The number of nitrogens with zero attached hydrogens (tertiary/aromatic N) is 1. The topological polar surface area (TPSA) is 24.5 Å². The molecule has 3 nitrogen and oxygen atoms in total. The number of ether oxygens (including phenoxy) is 1. The zero-order valence-corrected chi connectivity index (χ0v) is 12.5. The molecule has 2 aliphatic carbocycles. The van der Waals surface area contributed by atoms with E-state index in [2.05, 4.69) is 17.1 Å². The van der Waals surface area contributed by atoms with Crippen molar-refractivity contribution in [2.24, 2.45) is 5.92 Å². The van der Waals surface area contributed by atoms with Gasteiger partial charge in [-0.2, -0.15) is 0 Å². The van der Waals surface area contributed by atoms with Gasteiger partial charge in [-0.05, 0) is 38.5 Å². The predicted octanol–water partition coefficient (Wildman–Crippen LogP) is 2.41. The molecule has 2 saturated carbocycles. The Kier molecular flexibility index (Phi) is 4.45. The molecule has 0 amide bonds. The SMILES string of the molecule is CC1CNC2(CCCCC2)CN1CCOCC1CC1. The first-order valence-corrected chi connectivity index (χ1v) is 8.34. The number of rotatable bonds is 5. The second-order valence-electron chi connectivity index (χ2n) is 7.06. The largest absolute Gasteiger partial charge is 0.380 e. The predicted molar refractivity (Wildman–Crippen MR) is 78.4 cm³/mol. The Morgan fingerprint density at radius 2 is 2.00 bits per heavy atom. The van der Waals surface area contributed by atoms with Gasteiger partial charge in [-0.15, -0.1) is 0 Å². The fourth-order valence-electron chi connectivity index (χ4n) is 3.67. The molecule has 0 bridgehead atoms. The summed E-state index contributed by atoms with van der Waals surface area (Å²) in [6, 6.07) is 0.664. The lowest BCUT2D eigenvalue weighted by molar-refractivity contribution is 0.0308. The summed E-state index contributed by atoms with van der Waals surface area (Å²) in [4.78, 5) is 2.66. The molecule has 1 N–H and O–H groups in total. The van der Waals surface area contributed by atoms with Crippen molar-refractivity contribution in [2.45, 2.75) is 63.5 Å². The molecule has 1 saturated heterocycles. The molecule has 110 valence electrons. The standard InChI is InChI=1S/C16H30N2O/c1-14-11-17-16(7-3-2-4-8-16)13-18(14)9-10-19-12-15-5-6-15/h14-15,17H,2-13H2,1H3. The molecule has 0 aromatic carbocycles. The monoisotopic (exact) mass is 266 g/mol. The summed E-state index contributed by atoms with van der Waals surface area (Å²) in [6.45, 7) is 7.80. The van der Waals surface area contributed by atoms with Crippen molar-refractivity contribution in [1.82, 2.24) is 10.2 Å². The highest BCUT2D eigenvalue weighted by Gasteiger charge is 2.38. The van der Waals surface area contributed by atoms with Crippen LogP contribution in [0.1, 0.15) is 51.9 Å². The molecular formula is C16H30N2O. The maximum absolute atomic E-state index is 5.82. The summed E-state index contributed by atoms with van der Waals surface area (Å²) in [7, 11) is 0. The fraction of sp³-hybridized carbons (Fsp3) is 1.00. The van der Waals surface area contributed by atoms with Crippen molar-refractivity contribution in [3.8, 4) is 0 Å². The van der Waals surface area contributed by atoms with Crippen molar-refractivity contribution in [3.63, 3.8) is 0 Å². The molecule has 1 unspecified atom stereocenters. The number of piperazine rings is 1. The second-order valence-corrected chi connectivity index (χ2v) is 7.06. The second kappa shape index (κ2) is 6.11. The van der Waals surface area contributed by atoms with Gasteiger partial charge in [-0.1, -0.05) is 19.3 Å². The Balaban J connectivity index is 1.44. The van der Waals surface area contributed by atoms with Gasteiger partial charge in [0.05, 0.1) is 6.61 Å². The summed E-state index contributed by atoms with van der Waals surface area (Å²) in [5.74, 6) is 0.894. The Labute approximate surface area is 118 Å². The molecule has 3 heteroatoms. The van der Waals surface area contributed by atoms with E-state index in [1.807, 2.05) is 0 Å². The van der Waals surface area contributed by atoms with Crippen LogP contribution in [0.2, 0.25) is 0 Å². The molecule has 1 atom stereocenters. The first-order valence-electron chi connectivity index (χ1n) is 8.34. The van der Waals surface area contributed by atoms with Crippen LogP contribution in [0.3, 0.4) is 0 Å². The van der Waals surface area contributed by atoms with Gasteiger partial charge >= 0.3 is 0 Å². The van der Waals surface area contributed by atoms with E-state index < -0.39 is 0 Å². The number of nitrogens with one attached hydrogen (secondary N) is 1. The average molecular weight is 266 g/mol. The third kappa shape index (κ3) is 3.71. The van der Waals surface area contributed by atoms with Crippen LogP contribution < -0.4 is 5.32 Å². The minimum Gasteiger partial charge on any atom is -0.380 e.